The second-order valence-corrected chi connectivity index (χ2v) is 6.99. The summed E-state index contributed by atoms with van der Waals surface area (Å²) < 4.78 is 4.87. The summed E-state index contributed by atoms with van der Waals surface area (Å²) in [7, 11) is 0. The minimum atomic E-state index is -1.26. The van der Waals surface area contributed by atoms with Crippen molar-refractivity contribution in [2.45, 2.75) is 109 Å². The number of rotatable bonds is 18. The van der Waals surface area contributed by atoms with Gasteiger partial charge in [-0.1, -0.05) is 84.0 Å². The van der Waals surface area contributed by atoms with Crippen molar-refractivity contribution in [2.75, 3.05) is 13.2 Å². The SMILES string of the molecule is CCCCCCCCCCCCCCCC(=O)OC[C@@H](O)[C@@H](O)CO. The number of carbonyl (C=O) groups excluding carboxylic acids is 1. The molecule has 3 N–H and O–H groups in total. The van der Waals surface area contributed by atoms with Gasteiger partial charge in [0.05, 0.1) is 6.61 Å². The first-order chi connectivity index (χ1) is 12.1. The van der Waals surface area contributed by atoms with Crippen molar-refractivity contribution >= 4 is 5.97 Å². The fourth-order valence-corrected chi connectivity index (χ4v) is 2.77. The maximum absolute atomic E-state index is 11.5. The molecule has 150 valence electrons. The molecule has 2 atom stereocenters. The van der Waals surface area contributed by atoms with Gasteiger partial charge in [0.15, 0.2) is 0 Å². The Bertz CT molecular complexity index is 296. The molecule has 0 fully saturated rings. The van der Waals surface area contributed by atoms with Crippen LogP contribution in [0.1, 0.15) is 96.8 Å². The van der Waals surface area contributed by atoms with Crippen LogP contribution in [0.3, 0.4) is 0 Å². The first-order valence-corrected chi connectivity index (χ1v) is 10.2. The van der Waals surface area contributed by atoms with Crippen molar-refractivity contribution in [3.05, 3.63) is 0 Å². The normalized spacial score (nSPS) is 13.6. The number of aliphatic hydroxyl groups is 3. The zero-order chi connectivity index (χ0) is 18.8. The Morgan fingerprint density at radius 2 is 1.20 bits per heavy atom. The number of aliphatic hydroxyl groups excluding tert-OH is 3. The average molecular weight is 361 g/mol. The topological polar surface area (TPSA) is 87.0 Å². The first-order valence-electron chi connectivity index (χ1n) is 10.2. The molecule has 0 aliphatic rings. The van der Waals surface area contributed by atoms with E-state index in [1.807, 2.05) is 0 Å². The summed E-state index contributed by atoms with van der Waals surface area (Å²) in [5.41, 5.74) is 0. The number of carbonyl (C=O) groups is 1. The van der Waals surface area contributed by atoms with E-state index in [1.165, 1.54) is 64.2 Å². The van der Waals surface area contributed by atoms with Crippen LogP contribution in [0.4, 0.5) is 0 Å². The van der Waals surface area contributed by atoms with Crippen molar-refractivity contribution in [1.29, 1.82) is 0 Å². The largest absolute Gasteiger partial charge is 0.463 e. The monoisotopic (exact) mass is 360 g/mol. The molecule has 0 bridgehead atoms. The molecule has 0 aromatic heterocycles. The van der Waals surface area contributed by atoms with Gasteiger partial charge >= 0.3 is 5.97 Å². The summed E-state index contributed by atoms with van der Waals surface area (Å²) in [6.45, 7) is 1.44. The predicted octanol–water partition coefficient (Wildman–Crippen LogP) is 3.73. The molecule has 0 aliphatic heterocycles. The molecule has 25 heavy (non-hydrogen) atoms. The highest BCUT2D eigenvalue weighted by Gasteiger charge is 2.16. The van der Waals surface area contributed by atoms with E-state index in [2.05, 4.69) is 6.92 Å². The lowest BCUT2D eigenvalue weighted by atomic mass is 10.0. The van der Waals surface area contributed by atoms with Gasteiger partial charge in [-0.25, -0.2) is 0 Å². The van der Waals surface area contributed by atoms with Gasteiger partial charge in [-0.2, -0.15) is 0 Å². The lowest BCUT2D eigenvalue weighted by Gasteiger charge is -2.15. The third-order valence-corrected chi connectivity index (χ3v) is 4.53. The highest BCUT2D eigenvalue weighted by Crippen LogP contribution is 2.13. The second-order valence-electron chi connectivity index (χ2n) is 6.99. The van der Waals surface area contributed by atoms with Crippen LogP contribution in [0.25, 0.3) is 0 Å². The van der Waals surface area contributed by atoms with Crippen LogP contribution in [0.15, 0.2) is 0 Å². The average Bonchev–Trinajstić information content (AvgIpc) is 2.62. The molecule has 0 aromatic rings. The summed E-state index contributed by atoms with van der Waals surface area (Å²) >= 11 is 0. The van der Waals surface area contributed by atoms with Crippen LogP contribution in [-0.2, 0) is 9.53 Å². The van der Waals surface area contributed by atoms with Crippen molar-refractivity contribution < 1.29 is 24.9 Å². The molecule has 0 aliphatic carbocycles. The molecule has 5 nitrogen and oxygen atoms in total. The van der Waals surface area contributed by atoms with Gasteiger partial charge < -0.3 is 20.1 Å². The summed E-state index contributed by atoms with van der Waals surface area (Å²) in [5, 5.41) is 27.2. The number of esters is 1. The molecule has 0 saturated heterocycles. The fraction of sp³-hybridized carbons (Fsp3) is 0.950. The van der Waals surface area contributed by atoms with E-state index in [4.69, 9.17) is 14.9 Å². The van der Waals surface area contributed by atoms with E-state index in [0.717, 1.165) is 19.3 Å². The van der Waals surface area contributed by atoms with E-state index in [9.17, 15) is 9.90 Å². The molecular weight excluding hydrogens is 320 g/mol. The highest BCUT2D eigenvalue weighted by atomic mass is 16.5. The van der Waals surface area contributed by atoms with Crippen LogP contribution in [0.5, 0.6) is 0 Å². The molecule has 5 heteroatoms. The van der Waals surface area contributed by atoms with E-state index in [1.54, 1.807) is 0 Å². The van der Waals surface area contributed by atoms with Crippen molar-refractivity contribution in [1.82, 2.24) is 0 Å². The molecule has 0 saturated carbocycles. The van der Waals surface area contributed by atoms with Crippen molar-refractivity contribution in [2.24, 2.45) is 0 Å². The highest BCUT2D eigenvalue weighted by molar-refractivity contribution is 5.69. The Kier molecular flexibility index (Phi) is 17.7. The third kappa shape index (κ3) is 16.6. The van der Waals surface area contributed by atoms with Crippen LogP contribution >= 0.6 is 0 Å². The fourth-order valence-electron chi connectivity index (χ4n) is 2.77. The molecule has 0 radical (unpaired) electrons. The maximum atomic E-state index is 11.5. The predicted molar refractivity (Wildman–Crippen MR) is 100 cm³/mol. The van der Waals surface area contributed by atoms with Gasteiger partial charge in [-0.3, -0.25) is 4.79 Å². The number of unbranched alkanes of at least 4 members (excludes halogenated alkanes) is 12. The zero-order valence-electron chi connectivity index (χ0n) is 16.1. The van der Waals surface area contributed by atoms with Gasteiger partial charge in [-0.15, -0.1) is 0 Å². The van der Waals surface area contributed by atoms with Crippen LogP contribution < -0.4 is 0 Å². The van der Waals surface area contributed by atoms with Crippen LogP contribution in [-0.4, -0.2) is 46.7 Å². The third-order valence-electron chi connectivity index (χ3n) is 4.53. The van der Waals surface area contributed by atoms with E-state index < -0.39 is 18.8 Å². The van der Waals surface area contributed by atoms with E-state index in [-0.39, 0.29) is 12.6 Å². The minimum absolute atomic E-state index is 0.265. The second kappa shape index (κ2) is 18.2. The molecule has 0 spiro atoms. The molecule has 0 aromatic carbocycles. The standard InChI is InChI=1S/C20H40O5/c1-2-3-4-5-6-7-8-9-10-11-12-13-14-15-20(24)25-17-19(23)18(22)16-21/h18-19,21-23H,2-17H2,1H3/t18-,19+/m0/s1. The van der Waals surface area contributed by atoms with Gasteiger partial charge in [0.1, 0.15) is 18.8 Å². The van der Waals surface area contributed by atoms with Crippen molar-refractivity contribution in [3.8, 4) is 0 Å². The Morgan fingerprint density at radius 3 is 1.64 bits per heavy atom. The number of hydrogen-bond donors (Lipinski definition) is 3. The van der Waals surface area contributed by atoms with Gasteiger partial charge in [-0.05, 0) is 6.42 Å². The minimum Gasteiger partial charge on any atom is -0.463 e. The van der Waals surface area contributed by atoms with Crippen molar-refractivity contribution in [3.63, 3.8) is 0 Å². The number of hydrogen-bond acceptors (Lipinski definition) is 5. The van der Waals surface area contributed by atoms with Crippen LogP contribution in [0.2, 0.25) is 0 Å². The first kappa shape index (κ1) is 24.4. The van der Waals surface area contributed by atoms with E-state index in [0.29, 0.717) is 6.42 Å². The molecular formula is C20H40O5. The Morgan fingerprint density at radius 1 is 0.760 bits per heavy atom. The Balaban J connectivity index is 3.26. The summed E-state index contributed by atoms with van der Waals surface area (Å²) in [6.07, 6.45) is 14.2. The van der Waals surface area contributed by atoms with E-state index >= 15 is 0 Å². The lowest BCUT2D eigenvalue weighted by Crippen LogP contribution is -2.34. The molecule has 0 heterocycles. The van der Waals surface area contributed by atoms with Gasteiger partial charge in [0.2, 0.25) is 0 Å². The summed E-state index contributed by atoms with van der Waals surface area (Å²) in [5.74, 6) is -0.354. The molecule has 0 amide bonds. The quantitative estimate of drug-likeness (QED) is 0.256. The molecule has 0 unspecified atom stereocenters. The van der Waals surface area contributed by atoms with Gasteiger partial charge in [0, 0.05) is 6.42 Å². The molecule has 0 rings (SSSR count). The van der Waals surface area contributed by atoms with Crippen LogP contribution in [0, 0.1) is 0 Å². The lowest BCUT2D eigenvalue weighted by molar-refractivity contribution is -0.149. The smallest absolute Gasteiger partial charge is 0.305 e. The Hall–Kier alpha value is -0.650. The maximum Gasteiger partial charge on any atom is 0.305 e. The summed E-state index contributed by atoms with van der Waals surface area (Å²) in [6, 6.07) is 0. The summed E-state index contributed by atoms with van der Waals surface area (Å²) in [4.78, 5) is 11.5. The Labute approximate surface area is 153 Å². The van der Waals surface area contributed by atoms with Gasteiger partial charge in [0.25, 0.3) is 0 Å². The number of ether oxygens (including phenoxy) is 1. The zero-order valence-corrected chi connectivity index (χ0v) is 16.1.